The molecule has 0 atom stereocenters. The highest BCUT2D eigenvalue weighted by atomic mass is 16.5. The van der Waals surface area contributed by atoms with Crippen LogP contribution in [0.5, 0.6) is 5.75 Å². The van der Waals surface area contributed by atoms with Gasteiger partial charge in [0.15, 0.2) is 0 Å². The molecule has 22 heavy (non-hydrogen) atoms. The van der Waals surface area contributed by atoms with E-state index in [4.69, 9.17) is 9.47 Å². The summed E-state index contributed by atoms with van der Waals surface area (Å²) in [6.45, 7) is 5.47. The SMILES string of the molecule is C=CC1CCC(OCc2cccc(OCC3CCC3)c2)CC1. The van der Waals surface area contributed by atoms with Crippen LogP contribution in [0, 0.1) is 11.8 Å². The molecule has 0 aliphatic heterocycles. The van der Waals surface area contributed by atoms with Gasteiger partial charge in [0.25, 0.3) is 0 Å². The summed E-state index contributed by atoms with van der Waals surface area (Å²) >= 11 is 0. The third kappa shape index (κ3) is 4.36. The lowest BCUT2D eigenvalue weighted by molar-refractivity contribution is 0.0110. The van der Waals surface area contributed by atoms with E-state index >= 15 is 0 Å². The summed E-state index contributed by atoms with van der Waals surface area (Å²) in [5.74, 6) is 2.46. The third-order valence-electron chi connectivity index (χ3n) is 5.15. The highest BCUT2D eigenvalue weighted by Gasteiger charge is 2.20. The minimum absolute atomic E-state index is 0.413. The van der Waals surface area contributed by atoms with Gasteiger partial charge in [0.2, 0.25) is 0 Å². The van der Waals surface area contributed by atoms with E-state index in [1.165, 1.54) is 37.7 Å². The van der Waals surface area contributed by atoms with Gasteiger partial charge in [-0.05, 0) is 68.1 Å². The molecule has 2 aliphatic rings. The maximum atomic E-state index is 6.08. The van der Waals surface area contributed by atoms with Gasteiger partial charge in [-0.25, -0.2) is 0 Å². The second kappa shape index (κ2) is 7.82. The van der Waals surface area contributed by atoms with E-state index in [-0.39, 0.29) is 0 Å². The van der Waals surface area contributed by atoms with Crippen LogP contribution in [0.3, 0.4) is 0 Å². The average molecular weight is 300 g/mol. The Labute approximate surface area is 134 Å². The Balaban J connectivity index is 1.43. The van der Waals surface area contributed by atoms with E-state index in [1.54, 1.807) is 0 Å². The number of allylic oxidation sites excluding steroid dienone is 1. The highest BCUT2D eigenvalue weighted by Crippen LogP contribution is 2.29. The Morgan fingerprint density at radius 3 is 2.59 bits per heavy atom. The van der Waals surface area contributed by atoms with Gasteiger partial charge in [-0.1, -0.05) is 24.6 Å². The van der Waals surface area contributed by atoms with Crippen molar-refractivity contribution in [3.63, 3.8) is 0 Å². The number of ether oxygens (including phenoxy) is 2. The molecule has 0 amide bonds. The molecule has 1 aromatic rings. The van der Waals surface area contributed by atoms with E-state index in [0.29, 0.717) is 18.6 Å². The molecular weight excluding hydrogens is 272 g/mol. The summed E-state index contributed by atoms with van der Waals surface area (Å²) < 4.78 is 12.0. The van der Waals surface area contributed by atoms with Crippen LogP contribution in [0.1, 0.15) is 50.5 Å². The van der Waals surface area contributed by atoms with Crippen LogP contribution < -0.4 is 4.74 Å². The van der Waals surface area contributed by atoms with Gasteiger partial charge in [0.1, 0.15) is 5.75 Å². The van der Waals surface area contributed by atoms with Gasteiger partial charge in [-0.2, -0.15) is 0 Å². The molecule has 3 rings (SSSR count). The highest BCUT2D eigenvalue weighted by molar-refractivity contribution is 5.28. The quantitative estimate of drug-likeness (QED) is 0.650. The third-order valence-corrected chi connectivity index (χ3v) is 5.15. The molecule has 0 N–H and O–H groups in total. The van der Waals surface area contributed by atoms with Gasteiger partial charge < -0.3 is 9.47 Å². The van der Waals surface area contributed by atoms with Gasteiger partial charge in [-0.15, -0.1) is 6.58 Å². The second-order valence-electron chi connectivity index (χ2n) is 6.84. The maximum Gasteiger partial charge on any atom is 0.119 e. The van der Waals surface area contributed by atoms with Crippen LogP contribution in [0.4, 0.5) is 0 Å². The van der Waals surface area contributed by atoms with Crippen molar-refractivity contribution in [3.8, 4) is 5.75 Å². The van der Waals surface area contributed by atoms with Crippen molar-refractivity contribution < 1.29 is 9.47 Å². The maximum absolute atomic E-state index is 6.08. The summed E-state index contributed by atoms with van der Waals surface area (Å²) in [6, 6.07) is 8.39. The molecule has 0 aromatic heterocycles. The smallest absolute Gasteiger partial charge is 0.119 e. The summed E-state index contributed by atoms with van der Waals surface area (Å²) in [5, 5.41) is 0. The van der Waals surface area contributed by atoms with E-state index < -0.39 is 0 Å². The Morgan fingerprint density at radius 1 is 1.09 bits per heavy atom. The molecule has 0 bridgehead atoms. The summed E-state index contributed by atoms with van der Waals surface area (Å²) in [6.07, 6.45) is 11.3. The molecule has 2 aliphatic carbocycles. The number of rotatable bonds is 7. The van der Waals surface area contributed by atoms with Gasteiger partial charge in [-0.3, -0.25) is 0 Å². The first-order valence-electron chi connectivity index (χ1n) is 8.79. The average Bonchev–Trinajstić information content (AvgIpc) is 2.52. The lowest BCUT2D eigenvalue weighted by Crippen LogP contribution is -2.20. The zero-order valence-electron chi connectivity index (χ0n) is 13.5. The lowest BCUT2D eigenvalue weighted by Gasteiger charge is -2.27. The van der Waals surface area contributed by atoms with Crippen molar-refractivity contribution in [2.24, 2.45) is 11.8 Å². The molecule has 1 aromatic carbocycles. The number of benzene rings is 1. The molecule has 0 heterocycles. The van der Waals surface area contributed by atoms with Crippen LogP contribution >= 0.6 is 0 Å². The Kier molecular flexibility index (Phi) is 5.55. The Hall–Kier alpha value is -1.28. The van der Waals surface area contributed by atoms with E-state index in [0.717, 1.165) is 31.1 Å². The predicted octanol–water partition coefficient (Wildman–Crippen LogP) is 5.13. The molecule has 2 saturated carbocycles. The summed E-state index contributed by atoms with van der Waals surface area (Å²) in [4.78, 5) is 0. The molecule has 0 spiro atoms. The molecule has 0 unspecified atom stereocenters. The monoisotopic (exact) mass is 300 g/mol. The largest absolute Gasteiger partial charge is 0.493 e. The normalized spacial score (nSPS) is 25.5. The topological polar surface area (TPSA) is 18.5 Å². The fraction of sp³-hybridized carbons (Fsp3) is 0.600. The molecular formula is C20H28O2. The zero-order valence-corrected chi connectivity index (χ0v) is 13.5. The van der Waals surface area contributed by atoms with Gasteiger partial charge in [0.05, 0.1) is 19.3 Å². The van der Waals surface area contributed by atoms with Crippen molar-refractivity contribution in [2.45, 2.75) is 57.7 Å². The molecule has 0 saturated heterocycles. The molecule has 2 fully saturated rings. The van der Waals surface area contributed by atoms with E-state index in [1.807, 2.05) is 0 Å². The van der Waals surface area contributed by atoms with Crippen LogP contribution in [0.2, 0.25) is 0 Å². The van der Waals surface area contributed by atoms with Crippen LogP contribution in [0.25, 0.3) is 0 Å². The van der Waals surface area contributed by atoms with Crippen molar-refractivity contribution >= 4 is 0 Å². The van der Waals surface area contributed by atoms with Crippen LogP contribution in [-0.2, 0) is 11.3 Å². The predicted molar refractivity (Wildman–Crippen MR) is 90.0 cm³/mol. The Morgan fingerprint density at radius 2 is 1.91 bits per heavy atom. The first-order chi connectivity index (χ1) is 10.8. The zero-order chi connectivity index (χ0) is 15.2. The number of hydrogen-bond acceptors (Lipinski definition) is 2. The van der Waals surface area contributed by atoms with E-state index in [9.17, 15) is 0 Å². The summed E-state index contributed by atoms with van der Waals surface area (Å²) in [5.41, 5.74) is 1.22. The fourth-order valence-electron chi connectivity index (χ4n) is 3.30. The molecule has 0 radical (unpaired) electrons. The molecule has 2 heteroatoms. The first-order valence-corrected chi connectivity index (χ1v) is 8.79. The first kappa shape index (κ1) is 15.6. The Bertz CT molecular complexity index is 470. The fourth-order valence-corrected chi connectivity index (χ4v) is 3.30. The lowest BCUT2D eigenvalue weighted by atomic mass is 9.86. The minimum atomic E-state index is 0.413. The van der Waals surface area contributed by atoms with Crippen LogP contribution in [-0.4, -0.2) is 12.7 Å². The van der Waals surface area contributed by atoms with E-state index in [2.05, 4.69) is 36.9 Å². The second-order valence-corrected chi connectivity index (χ2v) is 6.84. The molecule has 120 valence electrons. The summed E-state index contributed by atoms with van der Waals surface area (Å²) in [7, 11) is 0. The standard InChI is InChI=1S/C20H28O2/c1-2-16-9-11-19(12-10-16)21-15-18-7-4-8-20(13-18)22-14-17-5-3-6-17/h2,4,7-8,13,16-17,19H,1,3,5-6,9-12,14-15H2. The minimum Gasteiger partial charge on any atom is -0.493 e. The van der Waals surface area contributed by atoms with Gasteiger partial charge >= 0.3 is 0 Å². The van der Waals surface area contributed by atoms with Crippen molar-refractivity contribution in [3.05, 3.63) is 42.5 Å². The van der Waals surface area contributed by atoms with Crippen molar-refractivity contribution in [1.29, 1.82) is 0 Å². The van der Waals surface area contributed by atoms with Gasteiger partial charge in [0, 0.05) is 0 Å². The molecule has 2 nitrogen and oxygen atoms in total. The van der Waals surface area contributed by atoms with Crippen molar-refractivity contribution in [2.75, 3.05) is 6.61 Å². The van der Waals surface area contributed by atoms with Crippen molar-refractivity contribution in [1.82, 2.24) is 0 Å². The number of hydrogen-bond donors (Lipinski definition) is 0. The van der Waals surface area contributed by atoms with Crippen LogP contribution in [0.15, 0.2) is 36.9 Å².